The summed E-state index contributed by atoms with van der Waals surface area (Å²) < 4.78 is 38.3. The van der Waals surface area contributed by atoms with E-state index in [0.717, 1.165) is 5.56 Å². The highest BCUT2D eigenvalue weighted by atomic mass is 19.3. The van der Waals surface area contributed by atoms with Crippen molar-refractivity contribution in [3.63, 3.8) is 0 Å². The quantitative estimate of drug-likeness (QED) is 0.825. The van der Waals surface area contributed by atoms with E-state index in [-0.39, 0.29) is 6.42 Å². The Kier molecular flexibility index (Phi) is 4.12. The summed E-state index contributed by atoms with van der Waals surface area (Å²) in [6.45, 7) is 2.33. The Bertz CT molecular complexity index is 464. The summed E-state index contributed by atoms with van der Waals surface area (Å²) in [6, 6.07) is 7.22. The SMILES string of the molecule is Cc1cccc(N2CCCC(C(F)C(F)F)C2=O)c1. The van der Waals surface area contributed by atoms with Crippen molar-refractivity contribution >= 4 is 11.6 Å². The highest BCUT2D eigenvalue weighted by Crippen LogP contribution is 2.30. The molecule has 0 aromatic heterocycles. The molecule has 1 saturated heterocycles. The second-order valence-electron chi connectivity index (χ2n) is 4.86. The zero-order valence-electron chi connectivity index (χ0n) is 10.7. The van der Waals surface area contributed by atoms with Gasteiger partial charge in [-0.15, -0.1) is 0 Å². The monoisotopic (exact) mass is 271 g/mol. The first-order chi connectivity index (χ1) is 9.00. The predicted molar refractivity (Wildman–Crippen MR) is 67.2 cm³/mol. The highest BCUT2D eigenvalue weighted by molar-refractivity contribution is 5.96. The Morgan fingerprint density at radius 1 is 1.32 bits per heavy atom. The van der Waals surface area contributed by atoms with Gasteiger partial charge < -0.3 is 4.90 Å². The molecule has 2 unspecified atom stereocenters. The van der Waals surface area contributed by atoms with Crippen LogP contribution < -0.4 is 4.90 Å². The van der Waals surface area contributed by atoms with Gasteiger partial charge in [-0.2, -0.15) is 0 Å². The van der Waals surface area contributed by atoms with Crippen molar-refractivity contribution in [2.75, 3.05) is 11.4 Å². The number of halogens is 3. The van der Waals surface area contributed by atoms with Crippen LogP contribution in [0.3, 0.4) is 0 Å². The van der Waals surface area contributed by atoms with Gasteiger partial charge >= 0.3 is 0 Å². The summed E-state index contributed by atoms with van der Waals surface area (Å²) >= 11 is 0. The Morgan fingerprint density at radius 3 is 2.68 bits per heavy atom. The molecule has 1 amide bonds. The molecule has 0 N–H and O–H groups in total. The number of hydrogen-bond acceptors (Lipinski definition) is 1. The van der Waals surface area contributed by atoms with E-state index in [1.54, 1.807) is 18.2 Å². The fourth-order valence-corrected chi connectivity index (χ4v) is 2.43. The van der Waals surface area contributed by atoms with Crippen LogP contribution in [0.4, 0.5) is 18.9 Å². The normalized spacial score (nSPS) is 21.8. The molecule has 1 fully saturated rings. The molecule has 104 valence electrons. The number of carbonyl (C=O) groups is 1. The fourth-order valence-electron chi connectivity index (χ4n) is 2.43. The Morgan fingerprint density at radius 2 is 2.05 bits per heavy atom. The second-order valence-corrected chi connectivity index (χ2v) is 4.86. The molecule has 0 bridgehead atoms. The van der Waals surface area contributed by atoms with Gasteiger partial charge in [0.05, 0.1) is 5.92 Å². The third-order valence-corrected chi connectivity index (χ3v) is 3.42. The minimum absolute atomic E-state index is 0.187. The van der Waals surface area contributed by atoms with Crippen LogP contribution in [0.1, 0.15) is 18.4 Å². The molecule has 1 aromatic rings. The molecule has 1 aromatic carbocycles. The number of rotatable bonds is 3. The molecule has 0 radical (unpaired) electrons. The Balaban J connectivity index is 2.21. The van der Waals surface area contributed by atoms with Gasteiger partial charge in [0.1, 0.15) is 0 Å². The van der Waals surface area contributed by atoms with E-state index in [0.29, 0.717) is 18.7 Å². The number of alkyl halides is 3. The van der Waals surface area contributed by atoms with E-state index >= 15 is 0 Å². The van der Waals surface area contributed by atoms with Crippen molar-refractivity contribution < 1.29 is 18.0 Å². The molecule has 1 aliphatic rings. The summed E-state index contributed by atoms with van der Waals surface area (Å²) in [6.07, 6.45) is -4.75. The zero-order chi connectivity index (χ0) is 14.0. The van der Waals surface area contributed by atoms with Gasteiger partial charge in [0.15, 0.2) is 6.17 Å². The summed E-state index contributed by atoms with van der Waals surface area (Å²) in [7, 11) is 0. The van der Waals surface area contributed by atoms with Crippen molar-refractivity contribution in [2.45, 2.75) is 32.4 Å². The molecular weight excluding hydrogens is 255 g/mol. The van der Waals surface area contributed by atoms with Gasteiger partial charge in [-0.05, 0) is 37.5 Å². The number of nitrogens with zero attached hydrogens (tertiary/aromatic N) is 1. The largest absolute Gasteiger partial charge is 0.312 e. The number of amides is 1. The number of piperidine rings is 1. The number of aryl methyl sites for hydroxylation is 1. The topological polar surface area (TPSA) is 20.3 Å². The van der Waals surface area contributed by atoms with Crippen LogP contribution in [0, 0.1) is 12.8 Å². The van der Waals surface area contributed by atoms with Crippen LogP contribution in [0.5, 0.6) is 0 Å². The van der Waals surface area contributed by atoms with Gasteiger partial charge in [0.25, 0.3) is 6.43 Å². The standard InChI is InChI=1S/C14H16F3NO/c1-9-4-2-5-10(8-9)18-7-3-6-11(14(18)19)12(15)13(16)17/h2,4-5,8,11-13H,3,6-7H2,1H3. The zero-order valence-corrected chi connectivity index (χ0v) is 10.7. The van der Waals surface area contributed by atoms with Crippen LogP contribution in [-0.4, -0.2) is 25.0 Å². The van der Waals surface area contributed by atoms with E-state index < -0.39 is 24.4 Å². The minimum Gasteiger partial charge on any atom is -0.312 e. The maximum Gasteiger partial charge on any atom is 0.270 e. The van der Waals surface area contributed by atoms with Crippen LogP contribution in [0.25, 0.3) is 0 Å². The lowest BCUT2D eigenvalue weighted by Crippen LogP contribution is -2.46. The molecule has 0 spiro atoms. The smallest absolute Gasteiger partial charge is 0.270 e. The molecular formula is C14H16F3NO. The molecule has 1 aliphatic heterocycles. The van der Waals surface area contributed by atoms with Crippen molar-refractivity contribution in [1.29, 1.82) is 0 Å². The minimum atomic E-state index is -3.11. The average Bonchev–Trinajstić information content (AvgIpc) is 2.38. The molecule has 0 aliphatic carbocycles. The fraction of sp³-hybridized carbons (Fsp3) is 0.500. The first-order valence-electron chi connectivity index (χ1n) is 6.31. The number of hydrogen-bond donors (Lipinski definition) is 0. The summed E-state index contributed by atoms with van der Waals surface area (Å²) in [5.41, 5.74) is 1.62. The van der Waals surface area contributed by atoms with E-state index in [9.17, 15) is 18.0 Å². The Labute approximate surface area is 110 Å². The highest BCUT2D eigenvalue weighted by Gasteiger charge is 2.39. The molecule has 2 atom stereocenters. The van der Waals surface area contributed by atoms with Crippen molar-refractivity contribution in [2.24, 2.45) is 5.92 Å². The lowest BCUT2D eigenvalue weighted by molar-refractivity contribution is -0.129. The van der Waals surface area contributed by atoms with Crippen LogP contribution in [0.15, 0.2) is 24.3 Å². The van der Waals surface area contributed by atoms with Crippen LogP contribution in [-0.2, 0) is 4.79 Å². The van der Waals surface area contributed by atoms with Crippen LogP contribution >= 0.6 is 0 Å². The molecule has 19 heavy (non-hydrogen) atoms. The average molecular weight is 271 g/mol. The number of carbonyl (C=O) groups excluding carboxylic acids is 1. The lowest BCUT2D eigenvalue weighted by Gasteiger charge is -2.33. The molecule has 2 nitrogen and oxygen atoms in total. The second kappa shape index (κ2) is 5.63. The first kappa shape index (κ1) is 13.9. The van der Waals surface area contributed by atoms with Crippen molar-refractivity contribution in [1.82, 2.24) is 0 Å². The van der Waals surface area contributed by atoms with Crippen molar-refractivity contribution in [3.8, 4) is 0 Å². The maximum absolute atomic E-state index is 13.4. The molecule has 2 rings (SSSR count). The summed E-state index contributed by atoms with van der Waals surface area (Å²) in [5, 5.41) is 0. The number of anilines is 1. The van der Waals surface area contributed by atoms with E-state index in [1.165, 1.54) is 4.90 Å². The predicted octanol–water partition coefficient (Wildman–Crippen LogP) is 3.34. The van der Waals surface area contributed by atoms with Crippen LogP contribution in [0.2, 0.25) is 0 Å². The summed E-state index contributed by atoms with van der Waals surface area (Å²) in [5.74, 6) is -1.76. The third-order valence-electron chi connectivity index (χ3n) is 3.42. The van der Waals surface area contributed by atoms with Gasteiger partial charge in [0, 0.05) is 12.2 Å². The number of benzene rings is 1. The van der Waals surface area contributed by atoms with E-state index in [4.69, 9.17) is 0 Å². The summed E-state index contributed by atoms with van der Waals surface area (Å²) in [4.78, 5) is 13.5. The van der Waals surface area contributed by atoms with E-state index in [1.807, 2.05) is 13.0 Å². The van der Waals surface area contributed by atoms with Gasteiger partial charge in [-0.25, -0.2) is 13.2 Å². The molecule has 0 saturated carbocycles. The molecule has 5 heteroatoms. The lowest BCUT2D eigenvalue weighted by atomic mass is 9.92. The van der Waals surface area contributed by atoms with Gasteiger partial charge in [0.2, 0.25) is 5.91 Å². The third kappa shape index (κ3) is 2.91. The molecule has 1 heterocycles. The van der Waals surface area contributed by atoms with Gasteiger partial charge in [-0.3, -0.25) is 4.79 Å². The van der Waals surface area contributed by atoms with E-state index in [2.05, 4.69) is 0 Å². The van der Waals surface area contributed by atoms with Gasteiger partial charge in [-0.1, -0.05) is 12.1 Å². The Hall–Kier alpha value is -1.52. The van der Waals surface area contributed by atoms with Crippen molar-refractivity contribution in [3.05, 3.63) is 29.8 Å². The first-order valence-corrected chi connectivity index (χ1v) is 6.31. The maximum atomic E-state index is 13.4.